The second-order valence-electron chi connectivity index (χ2n) is 5.39. The van der Waals surface area contributed by atoms with Gasteiger partial charge in [0.25, 0.3) is 0 Å². The fourth-order valence-electron chi connectivity index (χ4n) is 2.62. The monoisotopic (exact) mass is 294 g/mol. The Morgan fingerprint density at radius 1 is 1.40 bits per heavy atom. The predicted molar refractivity (Wildman–Crippen MR) is 87.8 cm³/mol. The number of anilines is 2. The number of hydrogen-bond acceptors (Lipinski definition) is 5. The molecule has 1 aromatic heterocycles. The zero-order valence-electron chi connectivity index (χ0n) is 12.9. The fourth-order valence-corrected chi connectivity index (χ4v) is 2.99. The second kappa shape index (κ2) is 7.72. The zero-order chi connectivity index (χ0) is 14.4. The van der Waals surface area contributed by atoms with E-state index in [1.165, 1.54) is 19.3 Å². The summed E-state index contributed by atoms with van der Waals surface area (Å²) in [6.07, 6.45) is 7.03. The number of rotatable bonds is 6. The van der Waals surface area contributed by atoms with Crippen LogP contribution >= 0.6 is 11.8 Å². The van der Waals surface area contributed by atoms with Crippen molar-refractivity contribution in [2.45, 2.75) is 44.7 Å². The highest BCUT2D eigenvalue weighted by Crippen LogP contribution is 2.26. The van der Waals surface area contributed by atoms with Crippen molar-refractivity contribution in [3.63, 3.8) is 0 Å². The average molecular weight is 294 g/mol. The molecule has 5 heteroatoms. The van der Waals surface area contributed by atoms with Crippen molar-refractivity contribution >= 4 is 23.4 Å². The molecule has 1 aromatic rings. The summed E-state index contributed by atoms with van der Waals surface area (Å²) in [5, 5.41) is 4.24. The Kier molecular flexibility index (Phi) is 5.95. The van der Waals surface area contributed by atoms with Gasteiger partial charge in [-0.2, -0.15) is 0 Å². The van der Waals surface area contributed by atoms with Crippen LogP contribution in [0.5, 0.6) is 0 Å². The van der Waals surface area contributed by atoms with Gasteiger partial charge in [-0.1, -0.05) is 32.0 Å². The molecule has 2 rings (SSSR count). The Labute approximate surface area is 126 Å². The van der Waals surface area contributed by atoms with Crippen LogP contribution in [0.15, 0.2) is 11.2 Å². The first kappa shape index (κ1) is 15.4. The first-order chi connectivity index (χ1) is 9.76. The van der Waals surface area contributed by atoms with E-state index in [1.54, 1.807) is 11.8 Å². The van der Waals surface area contributed by atoms with Crippen LogP contribution in [0.1, 0.15) is 39.5 Å². The van der Waals surface area contributed by atoms with Crippen LogP contribution in [0.2, 0.25) is 0 Å². The third kappa shape index (κ3) is 4.01. The minimum atomic E-state index is 0.809. The molecule has 0 radical (unpaired) electrons. The predicted octanol–water partition coefficient (Wildman–Crippen LogP) is 3.65. The maximum atomic E-state index is 4.69. The molecular weight excluding hydrogens is 268 g/mol. The number of nitrogens with one attached hydrogen (secondary N) is 1. The van der Waals surface area contributed by atoms with Crippen molar-refractivity contribution in [2.24, 2.45) is 5.92 Å². The maximum absolute atomic E-state index is 4.69. The van der Waals surface area contributed by atoms with E-state index >= 15 is 0 Å². The van der Waals surface area contributed by atoms with E-state index in [9.17, 15) is 0 Å². The Balaban J connectivity index is 2.16. The van der Waals surface area contributed by atoms with Gasteiger partial charge in [0.15, 0.2) is 5.16 Å². The van der Waals surface area contributed by atoms with Gasteiger partial charge in [-0.25, -0.2) is 9.97 Å². The molecule has 0 amide bonds. The summed E-state index contributed by atoms with van der Waals surface area (Å²) in [4.78, 5) is 11.7. The smallest absolute Gasteiger partial charge is 0.191 e. The van der Waals surface area contributed by atoms with E-state index < -0.39 is 0 Å². The lowest BCUT2D eigenvalue weighted by Crippen LogP contribution is -2.35. The van der Waals surface area contributed by atoms with E-state index in [2.05, 4.69) is 35.1 Å². The largest absolute Gasteiger partial charge is 0.370 e. The molecule has 20 heavy (non-hydrogen) atoms. The summed E-state index contributed by atoms with van der Waals surface area (Å²) in [6.45, 7) is 7.67. The van der Waals surface area contributed by atoms with Gasteiger partial charge in [0, 0.05) is 25.7 Å². The topological polar surface area (TPSA) is 41.0 Å². The molecule has 1 atom stereocenters. The van der Waals surface area contributed by atoms with Crippen molar-refractivity contribution in [3.05, 3.63) is 6.07 Å². The Morgan fingerprint density at radius 2 is 2.25 bits per heavy atom. The lowest BCUT2D eigenvalue weighted by Gasteiger charge is -2.33. The molecule has 0 saturated carbocycles. The molecule has 1 saturated heterocycles. The third-order valence-electron chi connectivity index (χ3n) is 3.85. The number of aromatic nitrogens is 2. The zero-order valence-corrected chi connectivity index (χ0v) is 13.7. The molecule has 0 bridgehead atoms. The molecule has 112 valence electrons. The first-order valence-corrected chi connectivity index (χ1v) is 8.91. The molecule has 1 unspecified atom stereocenters. The van der Waals surface area contributed by atoms with Crippen molar-refractivity contribution < 1.29 is 0 Å². The van der Waals surface area contributed by atoms with Crippen LogP contribution < -0.4 is 10.2 Å². The summed E-state index contributed by atoms with van der Waals surface area (Å²) in [5.74, 6) is 2.85. The van der Waals surface area contributed by atoms with Gasteiger partial charge in [-0.3, -0.25) is 0 Å². The summed E-state index contributed by atoms with van der Waals surface area (Å²) in [5.41, 5.74) is 0. The van der Waals surface area contributed by atoms with Gasteiger partial charge in [0.2, 0.25) is 0 Å². The van der Waals surface area contributed by atoms with Crippen molar-refractivity contribution in [1.82, 2.24) is 9.97 Å². The van der Waals surface area contributed by atoms with Gasteiger partial charge in [-0.05, 0) is 31.4 Å². The van der Waals surface area contributed by atoms with E-state index in [-0.39, 0.29) is 0 Å². The molecule has 1 fully saturated rings. The highest BCUT2D eigenvalue weighted by molar-refractivity contribution is 7.98. The number of nitrogens with zero attached hydrogens (tertiary/aromatic N) is 3. The van der Waals surface area contributed by atoms with Crippen molar-refractivity contribution in [3.8, 4) is 0 Å². The average Bonchev–Trinajstić information content (AvgIpc) is 2.52. The Hall–Kier alpha value is -0.970. The van der Waals surface area contributed by atoms with Crippen LogP contribution in [0.3, 0.4) is 0 Å². The SMILES string of the molecule is CCCNc1cc(N2CCCC(CC)C2)nc(SC)n1. The van der Waals surface area contributed by atoms with E-state index in [0.29, 0.717) is 0 Å². The first-order valence-electron chi connectivity index (χ1n) is 7.68. The molecule has 0 aromatic carbocycles. The highest BCUT2D eigenvalue weighted by Gasteiger charge is 2.20. The van der Waals surface area contributed by atoms with Gasteiger partial charge in [0.1, 0.15) is 11.6 Å². The van der Waals surface area contributed by atoms with Crippen LogP contribution in [0, 0.1) is 5.92 Å². The molecular formula is C15H26N4S. The van der Waals surface area contributed by atoms with Gasteiger partial charge in [0.05, 0.1) is 0 Å². The molecule has 1 aliphatic rings. The van der Waals surface area contributed by atoms with Gasteiger partial charge < -0.3 is 10.2 Å². The minimum absolute atomic E-state index is 0.809. The molecule has 4 nitrogen and oxygen atoms in total. The molecule has 2 heterocycles. The summed E-state index contributed by atoms with van der Waals surface area (Å²) in [7, 11) is 0. The molecule has 0 aliphatic carbocycles. The summed E-state index contributed by atoms with van der Waals surface area (Å²) >= 11 is 1.61. The van der Waals surface area contributed by atoms with E-state index in [4.69, 9.17) is 4.98 Å². The highest BCUT2D eigenvalue weighted by atomic mass is 32.2. The standard InChI is InChI=1S/C15H26N4S/c1-4-8-16-13-10-14(18-15(17-13)20-3)19-9-6-7-12(5-2)11-19/h10,12H,4-9,11H2,1-3H3,(H,16,17,18). The molecule has 0 spiro atoms. The van der Waals surface area contributed by atoms with Crippen molar-refractivity contribution in [1.29, 1.82) is 0 Å². The lowest BCUT2D eigenvalue weighted by molar-refractivity contribution is 0.402. The van der Waals surface area contributed by atoms with Gasteiger partial charge >= 0.3 is 0 Å². The van der Waals surface area contributed by atoms with Crippen molar-refractivity contribution in [2.75, 3.05) is 36.1 Å². The van der Waals surface area contributed by atoms with Gasteiger partial charge in [-0.15, -0.1) is 0 Å². The number of piperidine rings is 1. The second-order valence-corrected chi connectivity index (χ2v) is 6.16. The third-order valence-corrected chi connectivity index (χ3v) is 4.40. The van der Waals surface area contributed by atoms with E-state index in [0.717, 1.165) is 48.8 Å². The number of hydrogen-bond donors (Lipinski definition) is 1. The quantitative estimate of drug-likeness (QED) is 0.640. The molecule has 1 aliphatic heterocycles. The Morgan fingerprint density at radius 3 is 2.95 bits per heavy atom. The van der Waals surface area contributed by atoms with Crippen LogP contribution in [-0.4, -0.2) is 35.9 Å². The summed E-state index contributed by atoms with van der Waals surface area (Å²) < 4.78 is 0. The Bertz CT molecular complexity index is 424. The fraction of sp³-hybridized carbons (Fsp3) is 0.733. The van der Waals surface area contributed by atoms with Crippen LogP contribution in [0.25, 0.3) is 0 Å². The minimum Gasteiger partial charge on any atom is -0.370 e. The maximum Gasteiger partial charge on any atom is 0.191 e. The summed E-state index contributed by atoms with van der Waals surface area (Å²) in [6, 6.07) is 2.10. The lowest BCUT2D eigenvalue weighted by atomic mass is 9.96. The van der Waals surface area contributed by atoms with E-state index in [1.807, 2.05) is 6.26 Å². The normalized spacial score (nSPS) is 19.1. The van der Waals surface area contributed by atoms with Crippen LogP contribution in [-0.2, 0) is 0 Å². The number of thioether (sulfide) groups is 1. The van der Waals surface area contributed by atoms with Crippen LogP contribution in [0.4, 0.5) is 11.6 Å². The molecule has 1 N–H and O–H groups in total.